The first-order valence-electron chi connectivity index (χ1n) is 8.69. The van der Waals surface area contributed by atoms with Crippen molar-refractivity contribution in [3.63, 3.8) is 0 Å². The van der Waals surface area contributed by atoms with Gasteiger partial charge in [-0.2, -0.15) is 0 Å². The van der Waals surface area contributed by atoms with E-state index in [2.05, 4.69) is 20.4 Å². The van der Waals surface area contributed by atoms with Gasteiger partial charge in [0.05, 0.1) is 12.6 Å². The molecule has 0 saturated carbocycles. The summed E-state index contributed by atoms with van der Waals surface area (Å²) in [5.74, 6) is 0.0931. The Balaban J connectivity index is 1.72. The molecule has 132 valence electrons. The lowest BCUT2D eigenvalue weighted by atomic mass is 10.2. The minimum absolute atomic E-state index is 0.00314. The molecule has 1 saturated heterocycles. The minimum Gasteiger partial charge on any atom is -0.355 e. The van der Waals surface area contributed by atoms with Crippen molar-refractivity contribution in [3.05, 3.63) is 30.3 Å². The van der Waals surface area contributed by atoms with Crippen LogP contribution in [0.15, 0.2) is 30.3 Å². The molecule has 1 aliphatic rings. The highest BCUT2D eigenvalue weighted by Gasteiger charge is 2.25. The molecule has 1 aromatic rings. The number of amides is 2. The van der Waals surface area contributed by atoms with E-state index in [0.717, 1.165) is 44.8 Å². The SMILES string of the molecule is CCCNC(=O)C(C)N1CCN(CC(=O)Nc2ccccc2)CC1. The molecule has 2 rings (SSSR count). The van der Waals surface area contributed by atoms with E-state index in [1.165, 1.54) is 0 Å². The van der Waals surface area contributed by atoms with Gasteiger partial charge in [-0.25, -0.2) is 0 Å². The van der Waals surface area contributed by atoms with Gasteiger partial charge >= 0.3 is 0 Å². The molecule has 1 aliphatic heterocycles. The number of nitrogens with one attached hydrogen (secondary N) is 2. The third-order valence-electron chi connectivity index (χ3n) is 4.31. The number of piperazine rings is 1. The van der Waals surface area contributed by atoms with Crippen LogP contribution in [0, 0.1) is 0 Å². The highest BCUT2D eigenvalue weighted by molar-refractivity contribution is 5.92. The van der Waals surface area contributed by atoms with Crippen LogP contribution in [0.5, 0.6) is 0 Å². The van der Waals surface area contributed by atoms with Crippen molar-refractivity contribution in [3.8, 4) is 0 Å². The Morgan fingerprint density at radius 2 is 1.79 bits per heavy atom. The van der Waals surface area contributed by atoms with Crippen molar-refractivity contribution in [2.45, 2.75) is 26.3 Å². The van der Waals surface area contributed by atoms with Gasteiger partial charge in [-0.05, 0) is 25.5 Å². The third kappa shape index (κ3) is 5.62. The van der Waals surface area contributed by atoms with Crippen LogP contribution >= 0.6 is 0 Å². The molecule has 0 radical (unpaired) electrons. The Morgan fingerprint density at radius 1 is 1.12 bits per heavy atom. The largest absolute Gasteiger partial charge is 0.355 e. The van der Waals surface area contributed by atoms with Crippen LogP contribution in [0.1, 0.15) is 20.3 Å². The average molecular weight is 332 g/mol. The van der Waals surface area contributed by atoms with Gasteiger partial charge in [0, 0.05) is 38.4 Å². The van der Waals surface area contributed by atoms with Crippen LogP contribution in [0.2, 0.25) is 0 Å². The lowest BCUT2D eigenvalue weighted by molar-refractivity contribution is -0.127. The second kappa shape index (κ2) is 9.39. The zero-order valence-corrected chi connectivity index (χ0v) is 14.6. The smallest absolute Gasteiger partial charge is 0.238 e. The molecule has 2 N–H and O–H groups in total. The molecule has 1 heterocycles. The summed E-state index contributed by atoms with van der Waals surface area (Å²) < 4.78 is 0. The molecule has 6 heteroatoms. The normalized spacial score (nSPS) is 17.2. The topological polar surface area (TPSA) is 64.7 Å². The third-order valence-corrected chi connectivity index (χ3v) is 4.31. The molecule has 0 bridgehead atoms. The summed E-state index contributed by atoms with van der Waals surface area (Å²) in [4.78, 5) is 28.4. The van der Waals surface area contributed by atoms with Gasteiger partial charge in [-0.3, -0.25) is 19.4 Å². The van der Waals surface area contributed by atoms with Crippen LogP contribution in [-0.2, 0) is 9.59 Å². The Bertz CT molecular complexity index is 527. The lowest BCUT2D eigenvalue weighted by Gasteiger charge is -2.37. The second-order valence-corrected chi connectivity index (χ2v) is 6.19. The quantitative estimate of drug-likeness (QED) is 0.786. The molecule has 24 heavy (non-hydrogen) atoms. The molecule has 0 aromatic heterocycles. The number of carbonyl (C=O) groups is 2. The van der Waals surface area contributed by atoms with Crippen molar-refractivity contribution in [1.29, 1.82) is 0 Å². The van der Waals surface area contributed by atoms with Crippen molar-refractivity contribution in [1.82, 2.24) is 15.1 Å². The molecule has 1 atom stereocenters. The van der Waals surface area contributed by atoms with Gasteiger partial charge in [0.15, 0.2) is 0 Å². The standard InChI is InChI=1S/C18H28N4O2/c1-3-9-19-18(24)15(2)22-12-10-21(11-13-22)14-17(23)20-16-7-5-4-6-8-16/h4-8,15H,3,9-14H2,1-2H3,(H,19,24)(H,20,23). The van der Waals surface area contributed by atoms with E-state index in [1.807, 2.05) is 44.2 Å². The summed E-state index contributed by atoms with van der Waals surface area (Å²) in [6, 6.07) is 9.38. The highest BCUT2D eigenvalue weighted by Crippen LogP contribution is 2.08. The lowest BCUT2D eigenvalue weighted by Crippen LogP contribution is -2.54. The predicted octanol–water partition coefficient (Wildman–Crippen LogP) is 1.16. The van der Waals surface area contributed by atoms with E-state index >= 15 is 0 Å². The summed E-state index contributed by atoms with van der Waals surface area (Å²) in [5, 5.41) is 5.85. The number of benzene rings is 1. The zero-order chi connectivity index (χ0) is 17.4. The van der Waals surface area contributed by atoms with Gasteiger partial charge in [0.25, 0.3) is 0 Å². The Hall–Kier alpha value is -1.92. The van der Waals surface area contributed by atoms with Gasteiger partial charge < -0.3 is 10.6 Å². The fourth-order valence-electron chi connectivity index (χ4n) is 2.80. The number of hydrogen-bond donors (Lipinski definition) is 2. The first kappa shape index (κ1) is 18.4. The predicted molar refractivity (Wildman–Crippen MR) is 95.8 cm³/mol. The molecule has 0 aliphatic carbocycles. The summed E-state index contributed by atoms with van der Waals surface area (Å²) >= 11 is 0. The molecular formula is C18H28N4O2. The maximum atomic E-state index is 12.1. The maximum absolute atomic E-state index is 12.1. The Kier molecular flexibility index (Phi) is 7.21. The molecule has 6 nitrogen and oxygen atoms in total. The number of rotatable bonds is 7. The average Bonchev–Trinajstić information content (AvgIpc) is 2.60. The summed E-state index contributed by atoms with van der Waals surface area (Å²) in [5.41, 5.74) is 0.822. The fraction of sp³-hybridized carbons (Fsp3) is 0.556. The van der Waals surface area contributed by atoms with Crippen molar-refractivity contribution in [2.75, 3.05) is 44.6 Å². The fourth-order valence-corrected chi connectivity index (χ4v) is 2.80. The molecule has 0 spiro atoms. The monoisotopic (exact) mass is 332 g/mol. The molecule has 1 aromatic carbocycles. The maximum Gasteiger partial charge on any atom is 0.238 e. The number of para-hydroxylation sites is 1. The van der Waals surface area contributed by atoms with E-state index in [1.54, 1.807) is 0 Å². The summed E-state index contributed by atoms with van der Waals surface area (Å²) in [6.07, 6.45) is 0.947. The second-order valence-electron chi connectivity index (χ2n) is 6.19. The van der Waals surface area contributed by atoms with Gasteiger partial charge in [-0.15, -0.1) is 0 Å². The summed E-state index contributed by atoms with van der Waals surface area (Å²) in [6.45, 7) is 8.31. The van der Waals surface area contributed by atoms with Crippen LogP contribution in [0.4, 0.5) is 5.69 Å². The van der Waals surface area contributed by atoms with Crippen LogP contribution < -0.4 is 10.6 Å². The van der Waals surface area contributed by atoms with E-state index in [0.29, 0.717) is 6.54 Å². The number of nitrogens with zero attached hydrogens (tertiary/aromatic N) is 2. The Labute approximate surface area is 144 Å². The van der Waals surface area contributed by atoms with Gasteiger partial charge in [0.2, 0.25) is 11.8 Å². The van der Waals surface area contributed by atoms with Crippen molar-refractivity contribution >= 4 is 17.5 Å². The van der Waals surface area contributed by atoms with E-state index in [-0.39, 0.29) is 17.9 Å². The number of carbonyl (C=O) groups excluding carboxylic acids is 2. The van der Waals surface area contributed by atoms with Crippen molar-refractivity contribution < 1.29 is 9.59 Å². The molecular weight excluding hydrogens is 304 g/mol. The zero-order valence-electron chi connectivity index (χ0n) is 14.6. The Morgan fingerprint density at radius 3 is 2.42 bits per heavy atom. The molecule has 2 amide bonds. The first-order chi connectivity index (χ1) is 11.6. The van der Waals surface area contributed by atoms with Gasteiger partial charge in [0.1, 0.15) is 0 Å². The van der Waals surface area contributed by atoms with Crippen LogP contribution in [0.3, 0.4) is 0 Å². The minimum atomic E-state index is -0.114. The van der Waals surface area contributed by atoms with E-state index < -0.39 is 0 Å². The molecule has 1 fully saturated rings. The number of anilines is 1. The van der Waals surface area contributed by atoms with E-state index in [9.17, 15) is 9.59 Å². The molecule has 1 unspecified atom stereocenters. The summed E-state index contributed by atoms with van der Waals surface area (Å²) in [7, 11) is 0. The first-order valence-corrected chi connectivity index (χ1v) is 8.69. The van der Waals surface area contributed by atoms with E-state index in [4.69, 9.17) is 0 Å². The van der Waals surface area contributed by atoms with Crippen molar-refractivity contribution in [2.24, 2.45) is 0 Å². The highest BCUT2D eigenvalue weighted by atomic mass is 16.2. The van der Waals surface area contributed by atoms with Gasteiger partial charge in [-0.1, -0.05) is 25.1 Å². The van der Waals surface area contributed by atoms with Crippen LogP contribution in [-0.4, -0.2) is 66.9 Å². The number of hydrogen-bond acceptors (Lipinski definition) is 4. The van der Waals surface area contributed by atoms with Crippen LogP contribution in [0.25, 0.3) is 0 Å².